The van der Waals surface area contributed by atoms with E-state index in [0.717, 1.165) is 18.8 Å². The number of halogens is 2. The van der Waals surface area contributed by atoms with Crippen LogP contribution in [0, 0.1) is 0 Å². The van der Waals surface area contributed by atoms with E-state index in [2.05, 4.69) is 15.1 Å². The van der Waals surface area contributed by atoms with Crippen molar-refractivity contribution >= 4 is 28.9 Å². The zero-order valence-electron chi connectivity index (χ0n) is 7.59. The summed E-state index contributed by atoms with van der Waals surface area (Å²) in [6, 6.07) is 1.73. The van der Waals surface area contributed by atoms with Crippen molar-refractivity contribution in [3.05, 3.63) is 16.4 Å². The fraction of sp³-hybridized carbons (Fsp3) is 0.500. The number of aromatic nitrogens is 2. The third-order valence-corrected chi connectivity index (χ3v) is 2.26. The minimum Gasteiger partial charge on any atom is -0.369 e. The van der Waals surface area contributed by atoms with Gasteiger partial charge in [-0.25, -0.2) is 0 Å². The Bertz CT molecular complexity index is 287. The highest BCUT2D eigenvalue weighted by molar-refractivity contribution is 6.33. The minimum absolute atomic E-state index is 0.367. The molecule has 1 aromatic rings. The largest absolute Gasteiger partial charge is 0.369 e. The molecule has 3 nitrogen and oxygen atoms in total. The maximum absolute atomic E-state index is 5.87. The Labute approximate surface area is 87.7 Å². The molecule has 0 fully saturated rings. The Balaban J connectivity index is 3.03. The van der Waals surface area contributed by atoms with Crippen LogP contribution < -0.4 is 4.90 Å². The van der Waals surface area contributed by atoms with Crippen molar-refractivity contribution in [2.24, 2.45) is 0 Å². The zero-order chi connectivity index (χ0) is 9.84. The van der Waals surface area contributed by atoms with Gasteiger partial charge < -0.3 is 4.90 Å². The smallest absolute Gasteiger partial charge is 0.175 e. The number of hydrogen-bond donors (Lipinski definition) is 0. The number of rotatable bonds is 3. The first-order valence-corrected chi connectivity index (χ1v) is 4.88. The Hall–Kier alpha value is -0.540. The highest BCUT2D eigenvalue weighted by Gasteiger charge is 2.09. The lowest BCUT2D eigenvalue weighted by atomic mass is 10.4. The van der Waals surface area contributed by atoms with E-state index in [1.165, 1.54) is 0 Å². The van der Waals surface area contributed by atoms with E-state index >= 15 is 0 Å². The van der Waals surface area contributed by atoms with Crippen LogP contribution in [0.4, 0.5) is 5.69 Å². The van der Waals surface area contributed by atoms with E-state index in [0.29, 0.717) is 10.3 Å². The average Bonchev–Trinajstić information content (AvgIpc) is 2.13. The lowest BCUT2D eigenvalue weighted by Crippen LogP contribution is -2.22. The van der Waals surface area contributed by atoms with Gasteiger partial charge in [-0.05, 0) is 13.8 Å². The molecule has 0 bridgehead atoms. The highest BCUT2D eigenvalue weighted by Crippen LogP contribution is 2.24. The Morgan fingerprint density at radius 3 is 2.38 bits per heavy atom. The van der Waals surface area contributed by atoms with Crippen LogP contribution in [-0.2, 0) is 0 Å². The van der Waals surface area contributed by atoms with Crippen molar-refractivity contribution in [1.29, 1.82) is 0 Å². The van der Waals surface area contributed by atoms with Crippen LogP contribution in [0.15, 0.2) is 6.07 Å². The van der Waals surface area contributed by atoms with Gasteiger partial charge in [-0.15, -0.1) is 10.2 Å². The van der Waals surface area contributed by atoms with Crippen LogP contribution in [0.25, 0.3) is 0 Å². The molecular formula is C8H11Cl2N3. The molecule has 0 aromatic carbocycles. The van der Waals surface area contributed by atoms with Gasteiger partial charge in [0.2, 0.25) is 0 Å². The van der Waals surface area contributed by atoms with E-state index in [-0.39, 0.29) is 0 Å². The summed E-state index contributed by atoms with van der Waals surface area (Å²) >= 11 is 11.6. The first-order valence-electron chi connectivity index (χ1n) is 4.12. The molecule has 0 N–H and O–H groups in total. The third kappa shape index (κ3) is 2.45. The van der Waals surface area contributed by atoms with Gasteiger partial charge in [0.25, 0.3) is 0 Å². The fourth-order valence-corrected chi connectivity index (χ4v) is 1.48. The molecule has 1 aromatic heterocycles. The summed E-state index contributed by atoms with van der Waals surface area (Å²) < 4.78 is 0. The standard InChI is InChI=1S/C8H11Cl2N3/c1-3-13(4-2)6-5-7(9)11-12-8(6)10/h5H,3-4H2,1-2H3. The van der Waals surface area contributed by atoms with E-state index in [1.54, 1.807) is 6.07 Å². The zero-order valence-corrected chi connectivity index (χ0v) is 9.10. The predicted octanol–water partition coefficient (Wildman–Crippen LogP) is 2.63. The van der Waals surface area contributed by atoms with Gasteiger partial charge in [0.05, 0.1) is 5.69 Å². The van der Waals surface area contributed by atoms with Crippen LogP contribution >= 0.6 is 23.2 Å². The second-order valence-corrected chi connectivity index (χ2v) is 3.26. The molecule has 1 heterocycles. The van der Waals surface area contributed by atoms with Crippen LogP contribution in [0.3, 0.4) is 0 Å². The van der Waals surface area contributed by atoms with Gasteiger partial charge in [0.1, 0.15) is 0 Å². The lowest BCUT2D eigenvalue weighted by molar-refractivity contribution is 0.854. The SMILES string of the molecule is CCN(CC)c1cc(Cl)nnc1Cl. The molecular weight excluding hydrogens is 209 g/mol. The molecule has 0 radical (unpaired) electrons. The molecule has 13 heavy (non-hydrogen) atoms. The molecule has 0 spiro atoms. The van der Waals surface area contributed by atoms with Crippen molar-refractivity contribution in [2.45, 2.75) is 13.8 Å². The topological polar surface area (TPSA) is 29.0 Å². The number of anilines is 1. The van der Waals surface area contributed by atoms with Crippen LogP contribution in [-0.4, -0.2) is 23.3 Å². The first kappa shape index (κ1) is 10.5. The summed E-state index contributed by atoms with van der Waals surface area (Å²) in [6.45, 7) is 5.85. The molecule has 5 heteroatoms. The highest BCUT2D eigenvalue weighted by atomic mass is 35.5. The van der Waals surface area contributed by atoms with Crippen molar-refractivity contribution in [3.8, 4) is 0 Å². The van der Waals surface area contributed by atoms with E-state index in [4.69, 9.17) is 23.2 Å². The number of hydrogen-bond acceptors (Lipinski definition) is 3. The van der Waals surface area contributed by atoms with E-state index in [1.807, 2.05) is 13.8 Å². The molecule has 0 aliphatic rings. The second kappa shape index (κ2) is 4.63. The summed E-state index contributed by atoms with van der Waals surface area (Å²) in [5.74, 6) is 0. The summed E-state index contributed by atoms with van der Waals surface area (Å²) in [5.41, 5.74) is 0.840. The third-order valence-electron chi connectivity index (χ3n) is 1.80. The molecule has 0 atom stereocenters. The second-order valence-electron chi connectivity index (χ2n) is 2.52. The van der Waals surface area contributed by atoms with Crippen LogP contribution in [0.1, 0.15) is 13.8 Å². The van der Waals surface area contributed by atoms with E-state index < -0.39 is 0 Å². The Morgan fingerprint density at radius 2 is 1.85 bits per heavy atom. The molecule has 0 aliphatic heterocycles. The first-order chi connectivity index (χ1) is 6.19. The summed E-state index contributed by atoms with van der Waals surface area (Å²) in [5, 5.41) is 8.15. The molecule has 0 aliphatic carbocycles. The maximum Gasteiger partial charge on any atom is 0.175 e. The van der Waals surface area contributed by atoms with Crippen molar-refractivity contribution in [1.82, 2.24) is 10.2 Å². The van der Waals surface area contributed by atoms with Gasteiger partial charge in [0, 0.05) is 19.2 Å². The predicted molar refractivity (Wildman–Crippen MR) is 55.6 cm³/mol. The molecule has 0 amide bonds. The quantitative estimate of drug-likeness (QED) is 0.783. The van der Waals surface area contributed by atoms with Crippen molar-refractivity contribution in [3.63, 3.8) is 0 Å². The van der Waals surface area contributed by atoms with Crippen molar-refractivity contribution in [2.75, 3.05) is 18.0 Å². The normalized spacial score (nSPS) is 10.2. The lowest BCUT2D eigenvalue weighted by Gasteiger charge is -2.21. The summed E-state index contributed by atoms with van der Waals surface area (Å²) in [7, 11) is 0. The summed E-state index contributed by atoms with van der Waals surface area (Å²) in [4.78, 5) is 2.07. The van der Waals surface area contributed by atoms with Gasteiger partial charge in [0.15, 0.2) is 10.3 Å². The molecule has 0 unspecified atom stereocenters. The number of nitrogens with zero attached hydrogens (tertiary/aromatic N) is 3. The molecule has 0 saturated carbocycles. The van der Waals surface area contributed by atoms with Crippen LogP contribution in [0.5, 0.6) is 0 Å². The summed E-state index contributed by atoms with van der Waals surface area (Å²) in [6.07, 6.45) is 0. The van der Waals surface area contributed by atoms with E-state index in [9.17, 15) is 0 Å². The molecule has 72 valence electrons. The fourth-order valence-electron chi connectivity index (χ4n) is 1.13. The monoisotopic (exact) mass is 219 g/mol. The van der Waals surface area contributed by atoms with Crippen molar-refractivity contribution < 1.29 is 0 Å². The minimum atomic E-state index is 0.367. The van der Waals surface area contributed by atoms with Gasteiger partial charge in [-0.2, -0.15) is 0 Å². The Morgan fingerprint density at radius 1 is 1.23 bits per heavy atom. The van der Waals surface area contributed by atoms with Gasteiger partial charge >= 0.3 is 0 Å². The maximum atomic E-state index is 5.87. The van der Waals surface area contributed by atoms with Crippen LogP contribution in [0.2, 0.25) is 10.3 Å². The molecule has 1 rings (SSSR count). The van der Waals surface area contributed by atoms with Gasteiger partial charge in [-0.1, -0.05) is 23.2 Å². The molecule has 0 saturated heterocycles. The Kier molecular flexibility index (Phi) is 3.75. The van der Waals surface area contributed by atoms with Gasteiger partial charge in [-0.3, -0.25) is 0 Å². The average molecular weight is 220 g/mol.